The molecule has 7 aromatic carbocycles. The first-order valence-electron chi connectivity index (χ1n) is 40.3. The van der Waals surface area contributed by atoms with Crippen LogP contribution in [0.4, 0.5) is 0 Å². The molecule has 30 nitrogen and oxygen atoms in total. The van der Waals surface area contributed by atoms with Crippen molar-refractivity contribution in [1.29, 1.82) is 0 Å². The quantitative estimate of drug-likeness (QED) is 0.0289. The zero-order chi connectivity index (χ0) is 83.7. The summed E-state index contributed by atoms with van der Waals surface area (Å²) in [6.45, 7) is 3.95. The van der Waals surface area contributed by atoms with Crippen molar-refractivity contribution in [1.82, 2.24) is 0 Å². The molecule has 6 aliphatic heterocycles. The maximum absolute atomic E-state index is 11.5. The molecule has 0 radical (unpaired) electrons. The molecule has 7 aromatic rings. The largest absolute Gasteiger partial charge is 0.390 e. The molecule has 0 saturated carbocycles. The Morgan fingerprint density at radius 1 is 0.227 bits per heavy atom. The van der Waals surface area contributed by atoms with Crippen LogP contribution in [0.3, 0.4) is 0 Å². The molecule has 11 N–H and O–H groups in total. The van der Waals surface area contributed by atoms with Crippen LogP contribution in [0.25, 0.3) is 0 Å². The Hall–Kier alpha value is -6.66. The second kappa shape index (κ2) is 46.2. The minimum atomic E-state index is -1.94. The summed E-state index contributed by atoms with van der Waals surface area (Å²) < 4.78 is 123. The van der Waals surface area contributed by atoms with E-state index < -0.39 is 192 Å². The minimum Gasteiger partial charge on any atom is -0.390 e. The normalized spacial score (nSPS) is 35.5. The molecule has 6 fully saturated rings. The van der Waals surface area contributed by atoms with Gasteiger partial charge in [0.2, 0.25) is 0 Å². The van der Waals surface area contributed by atoms with Crippen LogP contribution in [0.1, 0.15) is 52.8 Å². The van der Waals surface area contributed by atoms with Gasteiger partial charge in [0.25, 0.3) is 0 Å². The van der Waals surface area contributed by atoms with Gasteiger partial charge < -0.3 is 146 Å². The lowest BCUT2D eigenvalue weighted by Crippen LogP contribution is -2.55. The van der Waals surface area contributed by atoms with Crippen LogP contribution in [0.5, 0.6) is 0 Å². The average molecular weight is 1660 g/mol. The van der Waals surface area contributed by atoms with Crippen molar-refractivity contribution < 1.29 is 146 Å². The van der Waals surface area contributed by atoms with Gasteiger partial charge in [-0.05, 0) is 50.8 Å². The van der Waals surface area contributed by atoms with Crippen molar-refractivity contribution in [2.24, 2.45) is 11.8 Å². The van der Waals surface area contributed by atoms with E-state index in [1.165, 1.54) is 7.11 Å². The summed E-state index contributed by atoms with van der Waals surface area (Å²) in [5.41, 5.74) is 6.63. The van der Waals surface area contributed by atoms with Crippen LogP contribution in [0, 0.1) is 11.8 Å². The monoisotopic (exact) mass is 1660 g/mol. The number of hydrogen-bond acceptors (Lipinski definition) is 30. The number of aliphatic hydroxyl groups is 11. The molecule has 6 saturated heterocycles. The van der Waals surface area contributed by atoms with Crippen LogP contribution in [-0.4, -0.2) is 282 Å². The molecule has 0 aromatic heterocycles. The zero-order valence-electron chi connectivity index (χ0n) is 66.9. The van der Waals surface area contributed by atoms with E-state index in [4.69, 9.17) is 90.0 Å². The van der Waals surface area contributed by atoms with Crippen molar-refractivity contribution in [3.63, 3.8) is 0 Å². The maximum atomic E-state index is 11.5. The number of methoxy groups -OCH3 is 2. The highest BCUT2D eigenvalue weighted by atomic mass is 16.8. The van der Waals surface area contributed by atoms with Crippen molar-refractivity contribution >= 4 is 0 Å². The molecule has 6 aliphatic rings. The number of hydrogen-bond donors (Lipinski definition) is 11. The van der Waals surface area contributed by atoms with Crippen molar-refractivity contribution in [3.05, 3.63) is 251 Å². The molecule has 650 valence electrons. The van der Waals surface area contributed by atoms with Gasteiger partial charge in [-0.25, -0.2) is 0 Å². The Morgan fingerprint density at radius 2 is 0.471 bits per heavy atom. The standard InChI is InChI=1S/C70H80O14.C19H34O16/c1-49-50(2)61(73-39-51-25-11-4-12-26-51)69(80-46-58(49)71)83-60-48-82-70(67(79-45-57-37-23-10-24-38-57)65(77-43-55-33-19-8-20-34-55)63(60)75-41-53-29-15-6-16-30-53)84-59-47-81-68(72-3)66(78-44-56-35-21-9-22-36-56)64(76-42-54-31-17-7-18-32-54)62(59)74-40-52-27-13-5-14-28-52;1-30-17-14(27)12(25)9(22)6(3-32-17)35-19-16(29)13(26)10(23)7(4-33-19)34-18-15(28)11(24)8(21)5(20)2-31-18/h4-38,49-50,58-71H,39-48H2,1-3H3;5-29H,2-4H2,1H3/t49-,50-,58+,59?,60+,61-,62+,63+,64-,65-,66-,67-,68-,69+,70+;5-,6?,7-,8-,9-,10-,11+,12+,13?,14+,15+,16+,17+,18-,19-/m01/s1. The van der Waals surface area contributed by atoms with Gasteiger partial charge in [-0.1, -0.05) is 226 Å². The molecule has 13 rings (SSSR count). The summed E-state index contributed by atoms with van der Waals surface area (Å²) in [6.07, 6.45) is -36.9. The molecule has 6 heterocycles. The zero-order valence-corrected chi connectivity index (χ0v) is 66.9. The average Bonchev–Trinajstić information content (AvgIpc) is 1.67. The van der Waals surface area contributed by atoms with Crippen LogP contribution >= 0.6 is 0 Å². The van der Waals surface area contributed by atoms with E-state index >= 15 is 0 Å². The summed E-state index contributed by atoms with van der Waals surface area (Å²) >= 11 is 0. The smallest absolute Gasteiger partial charge is 0.187 e. The molecule has 119 heavy (non-hydrogen) atoms. The summed E-state index contributed by atoms with van der Waals surface area (Å²) in [7, 11) is 2.81. The Balaban J connectivity index is 0.000000310. The number of benzene rings is 7. The lowest BCUT2D eigenvalue weighted by molar-refractivity contribution is -0.277. The van der Waals surface area contributed by atoms with Crippen LogP contribution in [0.2, 0.25) is 0 Å². The van der Waals surface area contributed by atoms with Crippen LogP contribution in [-0.2, 0) is 136 Å². The van der Waals surface area contributed by atoms with Gasteiger partial charge in [0.05, 0.1) is 92.0 Å². The van der Waals surface area contributed by atoms with Gasteiger partial charge in [-0.3, -0.25) is 0 Å². The fourth-order valence-electron chi connectivity index (χ4n) is 14.9. The van der Waals surface area contributed by atoms with Gasteiger partial charge in [-0.15, -0.1) is 0 Å². The summed E-state index contributed by atoms with van der Waals surface area (Å²) in [5, 5.41) is 113. The third-order valence-corrected chi connectivity index (χ3v) is 22.1. The summed E-state index contributed by atoms with van der Waals surface area (Å²) in [5.74, 6) is -0.392. The van der Waals surface area contributed by atoms with Crippen LogP contribution < -0.4 is 0 Å². The highest BCUT2D eigenvalue weighted by Gasteiger charge is 2.54. The summed E-state index contributed by atoms with van der Waals surface area (Å²) in [4.78, 5) is 0. The SMILES string of the molecule is CO[C@H]1OCC(O[C@H]2OC[C@@H](O[C@H]3OC[C@@H](O)[C@@H](C)[C@H](C)[C@@H]3OCc3ccccc3)[C@@H](OCc3ccccc3)[C@H](OCc3ccccc3)[C@@H]2OCc2ccccc2)[C@@H](OCc2ccccc2)[C@H](OCc2ccccc2)[C@@H]1OCc1ccccc1.CO[C@H]1OCC(O[C@H]2OC[C@@H](O[C@H]3OC[C@@H](O)[C@@H](O)[C@H](O)[C@@H]3O)[C@@H](O)C(O)[C@@H]2O)[C@@H](O)[C@H](O)[C@@H]1O. The third-order valence-electron chi connectivity index (χ3n) is 22.1. The molecular weight excluding hydrogens is 1550 g/mol. The highest BCUT2D eigenvalue weighted by Crippen LogP contribution is 2.38. The fourth-order valence-corrected chi connectivity index (χ4v) is 14.9. The lowest BCUT2D eigenvalue weighted by atomic mass is 9.87. The molecule has 0 bridgehead atoms. The maximum Gasteiger partial charge on any atom is 0.187 e. The lowest BCUT2D eigenvalue weighted by Gasteiger charge is -2.39. The Kier molecular flexibility index (Phi) is 35.5. The topological polar surface area (TPSA) is 398 Å². The van der Waals surface area contributed by atoms with Gasteiger partial charge >= 0.3 is 0 Å². The second-order valence-corrected chi connectivity index (χ2v) is 30.5. The Bertz CT molecular complexity index is 3940. The van der Waals surface area contributed by atoms with Gasteiger partial charge in [0.15, 0.2) is 37.7 Å². The number of aliphatic hydroxyl groups excluding tert-OH is 11. The molecule has 3 unspecified atom stereocenters. The number of rotatable bonds is 31. The minimum absolute atomic E-state index is 0.0189. The predicted molar refractivity (Wildman–Crippen MR) is 421 cm³/mol. The highest BCUT2D eigenvalue weighted by molar-refractivity contribution is 5.20. The second-order valence-electron chi connectivity index (χ2n) is 30.5. The van der Waals surface area contributed by atoms with Gasteiger partial charge in [0.1, 0.15) is 128 Å². The van der Waals surface area contributed by atoms with E-state index in [9.17, 15) is 56.2 Å². The van der Waals surface area contributed by atoms with Gasteiger partial charge in [0, 0.05) is 14.2 Å². The fraction of sp³-hybridized carbons (Fsp3) is 0.528. The predicted octanol–water partition coefficient (Wildman–Crippen LogP) is 4.28. The molecule has 30 atom stereocenters. The summed E-state index contributed by atoms with van der Waals surface area (Å²) in [6, 6.07) is 69.9. The van der Waals surface area contributed by atoms with Crippen molar-refractivity contribution in [2.75, 3.05) is 53.9 Å². The Morgan fingerprint density at radius 3 is 0.832 bits per heavy atom. The Labute approximate surface area is 692 Å². The first-order valence-corrected chi connectivity index (χ1v) is 40.3. The molecule has 0 spiro atoms. The van der Waals surface area contributed by atoms with Gasteiger partial charge in [-0.2, -0.15) is 0 Å². The van der Waals surface area contributed by atoms with E-state index in [1.807, 2.05) is 219 Å². The third kappa shape index (κ3) is 25.1. The molecule has 0 amide bonds. The number of ether oxygens (including phenoxy) is 19. The van der Waals surface area contributed by atoms with Crippen molar-refractivity contribution in [2.45, 2.75) is 232 Å². The van der Waals surface area contributed by atoms with E-state index in [-0.39, 0.29) is 71.3 Å². The van der Waals surface area contributed by atoms with E-state index in [1.54, 1.807) is 7.11 Å². The van der Waals surface area contributed by atoms with E-state index in [2.05, 4.69) is 6.92 Å². The van der Waals surface area contributed by atoms with E-state index in [0.29, 0.717) is 6.61 Å². The molecular formula is C89H114O30. The van der Waals surface area contributed by atoms with E-state index in [0.717, 1.165) is 38.9 Å². The first kappa shape index (κ1) is 91.5. The van der Waals surface area contributed by atoms with Crippen molar-refractivity contribution in [3.8, 4) is 0 Å². The molecule has 30 heteroatoms. The van der Waals surface area contributed by atoms with Crippen LogP contribution in [0.15, 0.2) is 212 Å². The first-order chi connectivity index (χ1) is 57.8. The molecule has 0 aliphatic carbocycles.